The largest absolute Gasteiger partial charge is 0.329 e. The van der Waals surface area contributed by atoms with Crippen molar-refractivity contribution in [3.8, 4) is 0 Å². The van der Waals surface area contributed by atoms with E-state index in [9.17, 15) is 13.2 Å². The zero-order valence-corrected chi connectivity index (χ0v) is 14.3. The summed E-state index contributed by atoms with van der Waals surface area (Å²) < 4.78 is 27.6. The number of carbonyl (C=O) groups excluding carboxylic acids is 1. The van der Waals surface area contributed by atoms with Crippen LogP contribution in [0.3, 0.4) is 0 Å². The fraction of sp³-hybridized carbons (Fsp3) is 0.533. The van der Waals surface area contributed by atoms with Crippen molar-refractivity contribution in [3.63, 3.8) is 0 Å². The number of rotatable bonds is 6. The molecule has 1 unspecified atom stereocenters. The van der Waals surface area contributed by atoms with E-state index in [0.29, 0.717) is 11.5 Å². The van der Waals surface area contributed by atoms with Crippen molar-refractivity contribution in [3.05, 3.63) is 29.8 Å². The van der Waals surface area contributed by atoms with Crippen molar-refractivity contribution in [2.75, 3.05) is 6.54 Å². The molecule has 1 fully saturated rings. The van der Waals surface area contributed by atoms with Crippen LogP contribution in [0.2, 0.25) is 0 Å². The number of hydrogen-bond donors (Lipinski definition) is 2. The molecule has 3 N–H and O–H groups in total. The first kappa shape index (κ1) is 19.1. The van der Waals surface area contributed by atoms with Crippen LogP contribution in [0, 0.1) is 5.92 Å². The van der Waals surface area contributed by atoms with Gasteiger partial charge in [-0.1, -0.05) is 25.0 Å². The molecule has 5 nitrogen and oxygen atoms in total. The Morgan fingerprint density at radius 2 is 2.00 bits per heavy atom. The number of carbonyl (C=O) groups is 1. The van der Waals surface area contributed by atoms with Crippen LogP contribution in [0.25, 0.3) is 0 Å². The van der Waals surface area contributed by atoms with Gasteiger partial charge in [-0.05, 0) is 37.8 Å². The van der Waals surface area contributed by atoms with E-state index < -0.39 is 10.0 Å². The van der Waals surface area contributed by atoms with E-state index in [1.807, 2.05) is 0 Å². The van der Waals surface area contributed by atoms with Crippen LogP contribution in [-0.4, -0.2) is 26.8 Å². The summed E-state index contributed by atoms with van der Waals surface area (Å²) in [5.41, 5.74) is 6.13. The molecule has 0 radical (unpaired) electrons. The predicted octanol–water partition coefficient (Wildman–Crippen LogP) is 2.11. The first-order chi connectivity index (χ1) is 9.94. The molecule has 124 valence electrons. The van der Waals surface area contributed by atoms with E-state index in [0.717, 1.165) is 25.7 Å². The van der Waals surface area contributed by atoms with Gasteiger partial charge in [0.15, 0.2) is 5.78 Å². The van der Waals surface area contributed by atoms with E-state index in [4.69, 9.17) is 5.73 Å². The number of halogens is 1. The normalized spacial score (nSPS) is 17.0. The van der Waals surface area contributed by atoms with Gasteiger partial charge in [0.2, 0.25) is 10.0 Å². The molecular weight excluding hydrogens is 324 g/mol. The smallest absolute Gasteiger partial charge is 0.240 e. The standard InChI is InChI=1S/C15H22N2O3S.ClH/c1-11(18)13-7-4-8-14(9-13)21(19,20)17-15(10-16)12-5-2-3-6-12;/h4,7-9,12,15,17H,2-3,5-6,10,16H2,1H3;1H. The van der Waals surface area contributed by atoms with Gasteiger partial charge in [0.1, 0.15) is 0 Å². The van der Waals surface area contributed by atoms with Gasteiger partial charge in [0.25, 0.3) is 0 Å². The molecule has 0 heterocycles. The summed E-state index contributed by atoms with van der Waals surface area (Å²) in [6, 6.07) is 5.86. The van der Waals surface area contributed by atoms with E-state index in [2.05, 4.69) is 4.72 Å². The van der Waals surface area contributed by atoms with Crippen molar-refractivity contribution in [1.82, 2.24) is 4.72 Å². The number of Topliss-reactive ketones (excluding diaryl/α,β-unsaturated/α-hetero) is 1. The maximum absolute atomic E-state index is 12.5. The number of ketones is 1. The van der Waals surface area contributed by atoms with Gasteiger partial charge < -0.3 is 5.73 Å². The van der Waals surface area contributed by atoms with Gasteiger partial charge >= 0.3 is 0 Å². The highest BCUT2D eigenvalue weighted by molar-refractivity contribution is 7.89. The lowest BCUT2D eigenvalue weighted by Gasteiger charge is -2.23. The van der Waals surface area contributed by atoms with Crippen molar-refractivity contribution < 1.29 is 13.2 Å². The lowest BCUT2D eigenvalue weighted by atomic mass is 9.99. The van der Waals surface area contributed by atoms with Crippen molar-refractivity contribution in [2.24, 2.45) is 11.7 Å². The second-order valence-corrected chi connectivity index (χ2v) is 7.31. The Morgan fingerprint density at radius 1 is 1.36 bits per heavy atom. The topological polar surface area (TPSA) is 89.3 Å². The Balaban J connectivity index is 0.00000242. The van der Waals surface area contributed by atoms with Gasteiger partial charge in [-0.2, -0.15) is 0 Å². The van der Waals surface area contributed by atoms with E-state index in [-0.39, 0.29) is 35.7 Å². The fourth-order valence-electron chi connectivity index (χ4n) is 2.85. The molecule has 1 aromatic carbocycles. The number of nitrogens with one attached hydrogen (secondary N) is 1. The minimum Gasteiger partial charge on any atom is -0.329 e. The quantitative estimate of drug-likeness (QED) is 0.772. The summed E-state index contributed by atoms with van der Waals surface area (Å²) in [6.07, 6.45) is 4.28. The summed E-state index contributed by atoms with van der Waals surface area (Å²) in [7, 11) is -3.65. The molecule has 0 aromatic heterocycles. The third-order valence-electron chi connectivity index (χ3n) is 4.08. The molecule has 0 aliphatic heterocycles. The highest BCUT2D eigenvalue weighted by atomic mass is 35.5. The maximum Gasteiger partial charge on any atom is 0.240 e. The second-order valence-electron chi connectivity index (χ2n) is 5.59. The molecule has 0 saturated heterocycles. The van der Waals surface area contributed by atoms with Crippen molar-refractivity contribution in [1.29, 1.82) is 0 Å². The Bertz CT molecular complexity index is 613. The minimum atomic E-state index is -3.65. The lowest BCUT2D eigenvalue weighted by molar-refractivity contribution is 0.101. The summed E-state index contributed by atoms with van der Waals surface area (Å²) in [6.45, 7) is 1.71. The lowest BCUT2D eigenvalue weighted by Crippen LogP contribution is -2.44. The van der Waals surface area contributed by atoms with Crippen LogP contribution in [0.15, 0.2) is 29.2 Å². The van der Waals surface area contributed by atoms with Gasteiger partial charge in [-0.15, -0.1) is 12.4 Å². The maximum atomic E-state index is 12.5. The summed E-state index contributed by atoms with van der Waals surface area (Å²) in [4.78, 5) is 11.5. The molecule has 7 heteroatoms. The van der Waals surface area contributed by atoms with E-state index in [1.54, 1.807) is 12.1 Å². The van der Waals surface area contributed by atoms with Crippen LogP contribution in [-0.2, 0) is 10.0 Å². The Kier molecular flexibility index (Phi) is 6.99. The molecule has 1 aromatic rings. The summed E-state index contributed by atoms with van der Waals surface area (Å²) in [5, 5.41) is 0. The third-order valence-corrected chi connectivity index (χ3v) is 5.57. The molecule has 1 aliphatic carbocycles. The Labute approximate surface area is 138 Å². The number of benzene rings is 1. The van der Waals surface area contributed by atoms with E-state index in [1.165, 1.54) is 19.1 Å². The van der Waals surface area contributed by atoms with Crippen molar-refractivity contribution >= 4 is 28.2 Å². The van der Waals surface area contributed by atoms with Crippen LogP contribution in [0.5, 0.6) is 0 Å². The number of nitrogens with two attached hydrogens (primary N) is 1. The van der Waals surface area contributed by atoms with Crippen LogP contribution in [0.4, 0.5) is 0 Å². The second kappa shape index (κ2) is 8.06. The van der Waals surface area contributed by atoms with Crippen LogP contribution >= 0.6 is 12.4 Å². The molecule has 0 spiro atoms. The zero-order chi connectivity index (χ0) is 15.5. The minimum absolute atomic E-state index is 0. The highest BCUT2D eigenvalue weighted by Crippen LogP contribution is 2.28. The highest BCUT2D eigenvalue weighted by Gasteiger charge is 2.28. The van der Waals surface area contributed by atoms with Gasteiger partial charge in [-0.25, -0.2) is 13.1 Å². The average Bonchev–Trinajstić information content (AvgIpc) is 2.99. The number of sulfonamides is 1. The SMILES string of the molecule is CC(=O)c1cccc(S(=O)(=O)NC(CN)C2CCCC2)c1.Cl. The number of hydrogen-bond acceptors (Lipinski definition) is 4. The van der Waals surface area contributed by atoms with Gasteiger partial charge in [0, 0.05) is 18.2 Å². The Morgan fingerprint density at radius 3 is 2.55 bits per heavy atom. The zero-order valence-electron chi connectivity index (χ0n) is 12.6. The molecule has 2 rings (SSSR count). The first-order valence-corrected chi connectivity index (χ1v) is 8.76. The summed E-state index contributed by atoms with van der Waals surface area (Å²) in [5.74, 6) is 0.152. The molecule has 1 saturated carbocycles. The fourth-order valence-corrected chi connectivity index (χ4v) is 4.21. The average molecular weight is 347 g/mol. The van der Waals surface area contributed by atoms with Gasteiger partial charge in [-0.3, -0.25) is 4.79 Å². The molecule has 22 heavy (non-hydrogen) atoms. The summed E-state index contributed by atoms with van der Waals surface area (Å²) >= 11 is 0. The molecule has 1 aliphatic rings. The van der Waals surface area contributed by atoms with Crippen molar-refractivity contribution in [2.45, 2.75) is 43.5 Å². The molecular formula is C15H23ClN2O3S. The Hall–Kier alpha value is -0.950. The van der Waals surface area contributed by atoms with Crippen LogP contribution < -0.4 is 10.5 Å². The van der Waals surface area contributed by atoms with Gasteiger partial charge in [0.05, 0.1) is 4.90 Å². The molecule has 0 amide bonds. The van der Waals surface area contributed by atoms with Crippen LogP contribution in [0.1, 0.15) is 43.0 Å². The molecule has 1 atom stereocenters. The third kappa shape index (κ3) is 4.52. The monoisotopic (exact) mass is 346 g/mol. The van der Waals surface area contributed by atoms with E-state index >= 15 is 0 Å². The molecule has 0 bridgehead atoms. The predicted molar refractivity (Wildman–Crippen MR) is 88.8 cm³/mol. The first-order valence-electron chi connectivity index (χ1n) is 7.27.